The van der Waals surface area contributed by atoms with Crippen molar-refractivity contribution in [3.63, 3.8) is 0 Å². The average molecular weight is 255 g/mol. The van der Waals surface area contributed by atoms with E-state index in [-0.39, 0.29) is 0 Å². The first-order valence-electron chi connectivity index (χ1n) is 6.58. The van der Waals surface area contributed by atoms with Crippen molar-refractivity contribution in [3.8, 4) is 16.9 Å². The van der Waals surface area contributed by atoms with Crippen LogP contribution in [0.3, 0.4) is 0 Å². The van der Waals surface area contributed by atoms with Crippen molar-refractivity contribution in [1.29, 1.82) is 0 Å². The Morgan fingerprint density at radius 2 is 1.79 bits per heavy atom. The maximum Gasteiger partial charge on any atom is 0.121 e. The highest BCUT2D eigenvalue weighted by Crippen LogP contribution is 2.27. The number of ether oxygens (including phenoxy) is 1. The Morgan fingerprint density at radius 1 is 1.05 bits per heavy atom. The number of nitrogens with one attached hydrogen (secondary N) is 1. The van der Waals surface area contributed by atoms with Crippen LogP contribution in [0.5, 0.6) is 5.75 Å². The van der Waals surface area contributed by atoms with Crippen LogP contribution < -0.4 is 10.1 Å². The number of benzene rings is 2. The molecule has 0 saturated carbocycles. The van der Waals surface area contributed by atoms with E-state index in [1.54, 1.807) is 7.11 Å². The van der Waals surface area contributed by atoms with Crippen molar-refractivity contribution in [2.45, 2.75) is 19.9 Å². The predicted molar refractivity (Wildman–Crippen MR) is 80.6 cm³/mol. The summed E-state index contributed by atoms with van der Waals surface area (Å²) >= 11 is 0. The van der Waals surface area contributed by atoms with Gasteiger partial charge in [0, 0.05) is 6.04 Å². The number of hydrogen-bond donors (Lipinski definition) is 1. The zero-order chi connectivity index (χ0) is 13.8. The van der Waals surface area contributed by atoms with Gasteiger partial charge in [0.05, 0.1) is 7.11 Å². The quantitative estimate of drug-likeness (QED) is 0.893. The Kier molecular flexibility index (Phi) is 4.23. The van der Waals surface area contributed by atoms with Crippen molar-refractivity contribution in [1.82, 2.24) is 5.32 Å². The largest absolute Gasteiger partial charge is 0.496 e. The standard InChI is InChI=1S/C17H21NO/c1-12-10-16(8-9-17(12)19-4)15-7-5-6-14(11-15)13(2)18-3/h5-11,13,18H,1-4H3. The lowest BCUT2D eigenvalue weighted by molar-refractivity contribution is 0.412. The van der Waals surface area contributed by atoms with Crippen LogP contribution in [-0.4, -0.2) is 14.2 Å². The van der Waals surface area contributed by atoms with E-state index < -0.39 is 0 Å². The summed E-state index contributed by atoms with van der Waals surface area (Å²) in [5, 5.41) is 3.27. The Bertz CT molecular complexity index is 563. The molecule has 2 aromatic carbocycles. The molecule has 2 nitrogen and oxygen atoms in total. The van der Waals surface area contributed by atoms with Gasteiger partial charge in [-0.3, -0.25) is 0 Å². The summed E-state index contributed by atoms with van der Waals surface area (Å²) in [5.41, 5.74) is 4.93. The van der Waals surface area contributed by atoms with E-state index in [2.05, 4.69) is 55.6 Å². The molecule has 0 radical (unpaired) electrons. The number of methoxy groups -OCH3 is 1. The maximum atomic E-state index is 5.31. The van der Waals surface area contributed by atoms with Gasteiger partial charge in [0.2, 0.25) is 0 Å². The molecule has 0 heterocycles. The van der Waals surface area contributed by atoms with E-state index in [1.165, 1.54) is 16.7 Å². The molecule has 100 valence electrons. The second-order valence-electron chi connectivity index (χ2n) is 4.82. The van der Waals surface area contributed by atoms with Gasteiger partial charge in [0.25, 0.3) is 0 Å². The SMILES string of the molecule is CNC(C)c1cccc(-c2ccc(OC)c(C)c2)c1. The highest BCUT2D eigenvalue weighted by atomic mass is 16.5. The van der Waals surface area contributed by atoms with Crippen molar-refractivity contribution in [2.75, 3.05) is 14.2 Å². The van der Waals surface area contributed by atoms with Gasteiger partial charge in [-0.25, -0.2) is 0 Å². The van der Waals surface area contributed by atoms with E-state index in [9.17, 15) is 0 Å². The van der Waals surface area contributed by atoms with Crippen LogP contribution in [0.15, 0.2) is 42.5 Å². The number of rotatable bonds is 4. The topological polar surface area (TPSA) is 21.3 Å². The van der Waals surface area contributed by atoms with Crippen LogP contribution in [0.1, 0.15) is 24.1 Å². The lowest BCUT2D eigenvalue weighted by Gasteiger charge is -2.13. The molecule has 1 atom stereocenters. The molecule has 0 fully saturated rings. The second-order valence-corrected chi connectivity index (χ2v) is 4.82. The molecule has 1 unspecified atom stereocenters. The lowest BCUT2D eigenvalue weighted by Crippen LogP contribution is -2.12. The molecule has 0 aliphatic carbocycles. The zero-order valence-corrected chi connectivity index (χ0v) is 12.0. The molecule has 0 aliphatic rings. The van der Waals surface area contributed by atoms with E-state index in [0.29, 0.717) is 6.04 Å². The van der Waals surface area contributed by atoms with Crippen molar-refractivity contribution in [2.24, 2.45) is 0 Å². The fourth-order valence-electron chi connectivity index (χ4n) is 2.21. The zero-order valence-electron chi connectivity index (χ0n) is 12.0. The first-order chi connectivity index (χ1) is 9.15. The van der Waals surface area contributed by atoms with E-state index in [4.69, 9.17) is 4.74 Å². The van der Waals surface area contributed by atoms with Crippen molar-refractivity contribution >= 4 is 0 Å². The number of hydrogen-bond acceptors (Lipinski definition) is 2. The summed E-state index contributed by atoms with van der Waals surface area (Å²) in [4.78, 5) is 0. The Labute approximate surface area is 115 Å². The fraction of sp³-hybridized carbons (Fsp3) is 0.294. The smallest absolute Gasteiger partial charge is 0.121 e. The summed E-state index contributed by atoms with van der Waals surface area (Å²) in [5.74, 6) is 0.934. The third-order valence-corrected chi connectivity index (χ3v) is 3.55. The minimum absolute atomic E-state index is 0.360. The Morgan fingerprint density at radius 3 is 2.42 bits per heavy atom. The van der Waals surface area contributed by atoms with Gasteiger partial charge in [-0.2, -0.15) is 0 Å². The normalized spacial score (nSPS) is 12.2. The summed E-state index contributed by atoms with van der Waals surface area (Å²) in [6.45, 7) is 4.24. The Balaban J connectivity index is 2.39. The van der Waals surface area contributed by atoms with E-state index in [1.807, 2.05) is 13.1 Å². The van der Waals surface area contributed by atoms with Gasteiger partial charge in [0.1, 0.15) is 5.75 Å². The lowest BCUT2D eigenvalue weighted by atomic mass is 9.99. The third kappa shape index (κ3) is 2.96. The van der Waals surface area contributed by atoms with Crippen LogP contribution in [0.2, 0.25) is 0 Å². The molecule has 0 aromatic heterocycles. The fourth-order valence-corrected chi connectivity index (χ4v) is 2.21. The maximum absolute atomic E-state index is 5.31. The van der Waals surface area contributed by atoms with Crippen LogP contribution in [0, 0.1) is 6.92 Å². The molecule has 0 aliphatic heterocycles. The van der Waals surface area contributed by atoms with Crippen molar-refractivity contribution < 1.29 is 4.74 Å². The predicted octanol–water partition coefficient (Wildman–Crippen LogP) is 3.95. The van der Waals surface area contributed by atoms with Crippen LogP contribution >= 0.6 is 0 Å². The van der Waals surface area contributed by atoms with Crippen molar-refractivity contribution in [3.05, 3.63) is 53.6 Å². The summed E-state index contributed by atoms with van der Waals surface area (Å²) in [6, 6.07) is 15.3. The highest BCUT2D eigenvalue weighted by molar-refractivity contribution is 5.66. The third-order valence-electron chi connectivity index (χ3n) is 3.55. The molecule has 0 bridgehead atoms. The molecular formula is C17H21NO. The molecule has 2 aromatic rings. The van der Waals surface area contributed by atoms with Gasteiger partial charge in [-0.1, -0.05) is 24.3 Å². The Hall–Kier alpha value is -1.80. The monoisotopic (exact) mass is 255 g/mol. The number of aryl methyl sites for hydroxylation is 1. The molecule has 0 saturated heterocycles. The molecule has 0 amide bonds. The minimum Gasteiger partial charge on any atom is -0.496 e. The summed E-state index contributed by atoms with van der Waals surface area (Å²) < 4.78 is 5.31. The van der Waals surface area contributed by atoms with Crippen LogP contribution in [-0.2, 0) is 0 Å². The van der Waals surface area contributed by atoms with Gasteiger partial charge >= 0.3 is 0 Å². The summed E-state index contributed by atoms with van der Waals surface area (Å²) in [6.07, 6.45) is 0. The molecule has 19 heavy (non-hydrogen) atoms. The highest BCUT2D eigenvalue weighted by Gasteiger charge is 2.06. The molecule has 0 spiro atoms. The average Bonchev–Trinajstić information content (AvgIpc) is 2.46. The van der Waals surface area contributed by atoms with Gasteiger partial charge in [-0.05, 0) is 61.3 Å². The van der Waals surface area contributed by atoms with Gasteiger partial charge in [0.15, 0.2) is 0 Å². The molecule has 2 rings (SSSR count). The minimum atomic E-state index is 0.360. The first-order valence-corrected chi connectivity index (χ1v) is 6.58. The second kappa shape index (κ2) is 5.89. The molecule has 2 heteroatoms. The van der Waals surface area contributed by atoms with Gasteiger partial charge < -0.3 is 10.1 Å². The first kappa shape index (κ1) is 13.6. The summed E-state index contributed by atoms with van der Waals surface area (Å²) in [7, 11) is 3.69. The molecule has 1 N–H and O–H groups in total. The van der Waals surface area contributed by atoms with Crippen LogP contribution in [0.25, 0.3) is 11.1 Å². The van der Waals surface area contributed by atoms with E-state index >= 15 is 0 Å². The molecular weight excluding hydrogens is 234 g/mol. The van der Waals surface area contributed by atoms with E-state index in [0.717, 1.165) is 11.3 Å². The van der Waals surface area contributed by atoms with Crippen LogP contribution in [0.4, 0.5) is 0 Å². The van der Waals surface area contributed by atoms with Gasteiger partial charge in [-0.15, -0.1) is 0 Å².